The lowest BCUT2D eigenvalue weighted by atomic mass is 10.1. The molecule has 1 unspecified atom stereocenters. The molecule has 1 aromatic carbocycles. The highest BCUT2D eigenvalue weighted by Gasteiger charge is 2.19. The molecule has 5 heteroatoms. The monoisotopic (exact) mass is 262 g/mol. The van der Waals surface area contributed by atoms with Crippen molar-refractivity contribution in [3.8, 4) is 16.9 Å². The van der Waals surface area contributed by atoms with E-state index >= 15 is 0 Å². The molecular weight excluding hydrogens is 248 g/mol. The summed E-state index contributed by atoms with van der Waals surface area (Å²) in [4.78, 5) is 0. The predicted octanol–water partition coefficient (Wildman–Crippen LogP) is 2.81. The summed E-state index contributed by atoms with van der Waals surface area (Å²) in [7, 11) is 0. The molecule has 0 radical (unpaired) electrons. The number of hydrogen-bond acceptors (Lipinski definition) is 5. The molecule has 4 nitrogen and oxygen atoms in total. The highest BCUT2D eigenvalue weighted by Crippen LogP contribution is 2.35. The van der Waals surface area contributed by atoms with Crippen LogP contribution >= 0.6 is 11.8 Å². The maximum Gasteiger partial charge on any atom is 0.230 e. The number of nitrogen functional groups attached to an aromatic ring is 1. The van der Waals surface area contributed by atoms with Crippen LogP contribution in [0, 0.1) is 0 Å². The average Bonchev–Trinajstić information content (AvgIpc) is 3.02. The Balaban J connectivity index is 1.92. The van der Waals surface area contributed by atoms with Crippen molar-refractivity contribution in [1.29, 1.82) is 0 Å². The molecule has 0 amide bonds. The summed E-state index contributed by atoms with van der Waals surface area (Å²) in [6.07, 6.45) is 3.01. The lowest BCUT2D eigenvalue weighted by molar-refractivity contribution is 0.230. The van der Waals surface area contributed by atoms with Crippen LogP contribution in [0.3, 0.4) is 0 Å². The molecule has 94 valence electrons. The van der Waals surface area contributed by atoms with Crippen molar-refractivity contribution in [1.82, 2.24) is 5.16 Å². The molecule has 2 N–H and O–H groups in total. The van der Waals surface area contributed by atoms with Crippen LogP contribution in [0.2, 0.25) is 0 Å². The van der Waals surface area contributed by atoms with Crippen LogP contribution in [0.5, 0.6) is 5.75 Å². The second-order valence-electron chi connectivity index (χ2n) is 4.20. The van der Waals surface area contributed by atoms with E-state index in [0.717, 1.165) is 29.1 Å². The van der Waals surface area contributed by atoms with E-state index in [1.54, 1.807) is 6.20 Å². The summed E-state index contributed by atoms with van der Waals surface area (Å²) >= 11 is 1.93. The lowest BCUT2D eigenvalue weighted by Crippen LogP contribution is -2.15. The van der Waals surface area contributed by atoms with E-state index in [9.17, 15) is 0 Å². The van der Waals surface area contributed by atoms with Gasteiger partial charge in [-0.1, -0.05) is 23.4 Å². The zero-order valence-corrected chi connectivity index (χ0v) is 10.7. The molecule has 1 fully saturated rings. The Kier molecular flexibility index (Phi) is 3.15. The Hall–Kier alpha value is -1.62. The van der Waals surface area contributed by atoms with E-state index in [-0.39, 0.29) is 6.10 Å². The van der Waals surface area contributed by atoms with Crippen LogP contribution in [-0.2, 0) is 0 Å². The number of thioether (sulfide) groups is 1. The molecule has 2 aromatic rings. The Morgan fingerprint density at radius 1 is 1.33 bits per heavy atom. The minimum absolute atomic E-state index is 0.289. The number of anilines is 1. The van der Waals surface area contributed by atoms with Gasteiger partial charge in [-0.25, -0.2) is 0 Å². The second kappa shape index (κ2) is 4.94. The van der Waals surface area contributed by atoms with Crippen LogP contribution in [0.4, 0.5) is 5.88 Å². The number of hydrogen-bond donors (Lipinski definition) is 1. The summed E-state index contributed by atoms with van der Waals surface area (Å²) in [6.45, 7) is 0. The SMILES string of the molecule is Nc1oncc1-c1ccccc1OC1CCSC1. The molecule has 0 aliphatic carbocycles. The van der Waals surface area contributed by atoms with Crippen molar-refractivity contribution in [2.75, 3.05) is 17.2 Å². The quantitative estimate of drug-likeness (QED) is 0.921. The summed E-state index contributed by atoms with van der Waals surface area (Å²) in [5.74, 6) is 3.39. The first-order valence-electron chi connectivity index (χ1n) is 5.88. The van der Waals surface area contributed by atoms with Crippen LogP contribution in [0.25, 0.3) is 11.1 Å². The molecule has 1 saturated heterocycles. The summed E-state index contributed by atoms with van der Waals surface area (Å²) < 4.78 is 11.0. The Morgan fingerprint density at radius 3 is 2.94 bits per heavy atom. The third-order valence-corrected chi connectivity index (χ3v) is 4.09. The van der Waals surface area contributed by atoms with E-state index in [2.05, 4.69) is 5.16 Å². The summed E-state index contributed by atoms with van der Waals surface area (Å²) in [5, 5.41) is 3.71. The fourth-order valence-electron chi connectivity index (χ4n) is 2.03. The standard InChI is InChI=1S/C13H14N2O2S/c14-13-11(7-15-17-13)10-3-1-2-4-12(10)16-9-5-6-18-8-9/h1-4,7,9H,5-6,8,14H2. The van der Waals surface area contributed by atoms with Crippen molar-refractivity contribution < 1.29 is 9.26 Å². The number of nitrogens with two attached hydrogens (primary N) is 1. The average molecular weight is 262 g/mol. The summed E-state index contributed by atoms with van der Waals surface area (Å²) in [6, 6.07) is 7.85. The zero-order chi connectivity index (χ0) is 12.4. The van der Waals surface area contributed by atoms with Gasteiger partial charge in [0.1, 0.15) is 11.9 Å². The van der Waals surface area contributed by atoms with E-state index in [4.69, 9.17) is 15.0 Å². The van der Waals surface area contributed by atoms with Gasteiger partial charge in [0.2, 0.25) is 5.88 Å². The maximum atomic E-state index is 6.04. The van der Waals surface area contributed by atoms with Crippen LogP contribution < -0.4 is 10.5 Å². The molecule has 18 heavy (non-hydrogen) atoms. The molecular formula is C13H14N2O2S. The second-order valence-corrected chi connectivity index (χ2v) is 5.35. The fourth-order valence-corrected chi connectivity index (χ4v) is 3.12. The Bertz CT molecular complexity index is 535. The molecule has 3 rings (SSSR count). The predicted molar refractivity (Wildman–Crippen MR) is 72.7 cm³/mol. The number of rotatable bonds is 3. The van der Waals surface area contributed by atoms with E-state index in [1.807, 2.05) is 36.0 Å². The third-order valence-electron chi connectivity index (χ3n) is 2.96. The highest BCUT2D eigenvalue weighted by molar-refractivity contribution is 7.99. The van der Waals surface area contributed by atoms with E-state index in [1.165, 1.54) is 5.75 Å². The molecule has 1 aromatic heterocycles. The van der Waals surface area contributed by atoms with Gasteiger partial charge in [-0.05, 0) is 18.2 Å². The number of para-hydroxylation sites is 1. The van der Waals surface area contributed by atoms with E-state index in [0.29, 0.717) is 5.88 Å². The molecule has 0 saturated carbocycles. The molecule has 1 atom stereocenters. The summed E-state index contributed by atoms with van der Waals surface area (Å²) in [5.41, 5.74) is 7.49. The number of benzene rings is 1. The van der Waals surface area contributed by atoms with Crippen LogP contribution in [-0.4, -0.2) is 22.8 Å². The fraction of sp³-hybridized carbons (Fsp3) is 0.308. The van der Waals surface area contributed by atoms with Crippen LogP contribution in [0.1, 0.15) is 6.42 Å². The number of aromatic nitrogens is 1. The third kappa shape index (κ3) is 2.18. The molecule has 0 spiro atoms. The first-order chi connectivity index (χ1) is 8.84. The largest absolute Gasteiger partial charge is 0.489 e. The van der Waals surface area contributed by atoms with Crippen molar-refractivity contribution in [2.45, 2.75) is 12.5 Å². The molecule has 2 heterocycles. The van der Waals surface area contributed by atoms with Crippen molar-refractivity contribution in [2.24, 2.45) is 0 Å². The normalized spacial score (nSPS) is 19.0. The maximum absolute atomic E-state index is 6.04. The number of nitrogens with zero attached hydrogens (tertiary/aromatic N) is 1. The van der Waals surface area contributed by atoms with Crippen molar-refractivity contribution in [3.05, 3.63) is 30.5 Å². The van der Waals surface area contributed by atoms with Gasteiger partial charge >= 0.3 is 0 Å². The lowest BCUT2D eigenvalue weighted by Gasteiger charge is -2.15. The van der Waals surface area contributed by atoms with Gasteiger partial charge in [-0.15, -0.1) is 0 Å². The van der Waals surface area contributed by atoms with Crippen LogP contribution in [0.15, 0.2) is 35.0 Å². The molecule has 1 aliphatic rings. The first-order valence-corrected chi connectivity index (χ1v) is 7.04. The topological polar surface area (TPSA) is 61.3 Å². The van der Waals surface area contributed by atoms with Gasteiger partial charge in [0, 0.05) is 11.3 Å². The smallest absolute Gasteiger partial charge is 0.230 e. The minimum Gasteiger partial charge on any atom is -0.489 e. The van der Waals surface area contributed by atoms with Gasteiger partial charge < -0.3 is 15.0 Å². The Labute approximate surface area is 109 Å². The number of ether oxygens (including phenoxy) is 1. The van der Waals surface area contributed by atoms with Gasteiger partial charge in [-0.2, -0.15) is 11.8 Å². The van der Waals surface area contributed by atoms with Gasteiger partial charge in [0.05, 0.1) is 11.8 Å². The van der Waals surface area contributed by atoms with Gasteiger partial charge in [0.25, 0.3) is 0 Å². The Morgan fingerprint density at radius 2 is 2.22 bits per heavy atom. The first kappa shape index (κ1) is 11.5. The van der Waals surface area contributed by atoms with Gasteiger partial charge in [-0.3, -0.25) is 0 Å². The highest BCUT2D eigenvalue weighted by atomic mass is 32.2. The molecule has 1 aliphatic heterocycles. The minimum atomic E-state index is 0.289. The van der Waals surface area contributed by atoms with E-state index < -0.39 is 0 Å². The van der Waals surface area contributed by atoms with Crippen molar-refractivity contribution >= 4 is 17.6 Å². The molecule has 0 bridgehead atoms. The van der Waals surface area contributed by atoms with Gasteiger partial charge in [0.15, 0.2) is 0 Å². The zero-order valence-electron chi connectivity index (χ0n) is 9.83. The van der Waals surface area contributed by atoms with Crippen molar-refractivity contribution in [3.63, 3.8) is 0 Å².